The molecular formula is C18H25NO3. The molecule has 2 N–H and O–H groups in total. The molecule has 22 heavy (non-hydrogen) atoms. The zero-order chi connectivity index (χ0) is 15.9. The predicted molar refractivity (Wildman–Crippen MR) is 85.5 cm³/mol. The highest BCUT2D eigenvalue weighted by Gasteiger charge is 2.22. The van der Waals surface area contributed by atoms with Crippen molar-refractivity contribution < 1.29 is 14.7 Å². The van der Waals surface area contributed by atoms with Crippen molar-refractivity contribution in [2.45, 2.75) is 57.9 Å². The summed E-state index contributed by atoms with van der Waals surface area (Å²) in [6, 6.07) is 7.18. The normalized spacial score (nSPS) is 17.0. The molecule has 0 aromatic heterocycles. The summed E-state index contributed by atoms with van der Waals surface area (Å²) in [6.45, 7) is 1.94. The van der Waals surface area contributed by atoms with Gasteiger partial charge in [-0.15, -0.1) is 0 Å². The van der Waals surface area contributed by atoms with Crippen LogP contribution in [-0.2, 0) is 9.59 Å². The summed E-state index contributed by atoms with van der Waals surface area (Å²) >= 11 is 0. The molecule has 4 nitrogen and oxygen atoms in total. The Morgan fingerprint density at radius 3 is 2.55 bits per heavy atom. The zero-order valence-electron chi connectivity index (χ0n) is 13.2. The predicted octanol–water partition coefficient (Wildman–Crippen LogP) is 3.60. The minimum absolute atomic E-state index is 0.0265. The molecule has 1 aliphatic carbocycles. The van der Waals surface area contributed by atoms with Crippen LogP contribution in [0.3, 0.4) is 0 Å². The van der Waals surface area contributed by atoms with E-state index in [-0.39, 0.29) is 12.3 Å². The van der Waals surface area contributed by atoms with Crippen LogP contribution in [0.5, 0.6) is 0 Å². The van der Waals surface area contributed by atoms with E-state index in [4.69, 9.17) is 5.11 Å². The lowest BCUT2D eigenvalue weighted by Gasteiger charge is -2.23. The van der Waals surface area contributed by atoms with E-state index < -0.39 is 12.0 Å². The van der Waals surface area contributed by atoms with Crippen molar-refractivity contribution in [2.75, 3.05) is 0 Å². The van der Waals surface area contributed by atoms with Crippen LogP contribution in [0.25, 0.3) is 0 Å². The summed E-state index contributed by atoms with van der Waals surface area (Å²) in [6.07, 6.45) is 6.33. The van der Waals surface area contributed by atoms with Gasteiger partial charge in [0.2, 0.25) is 5.91 Å². The first kappa shape index (κ1) is 16.5. The highest BCUT2D eigenvalue weighted by Crippen LogP contribution is 2.27. The second-order valence-corrected chi connectivity index (χ2v) is 6.28. The molecule has 120 valence electrons. The van der Waals surface area contributed by atoms with Crippen LogP contribution in [0, 0.1) is 12.8 Å². The number of hydrogen-bond donors (Lipinski definition) is 2. The molecule has 1 aromatic rings. The quantitative estimate of drug-likeness (QED) is 0.844. The first-order chi connectivity index (χ1) is 10.6. The van der Waals surface area contributed by atoms with E-state index in [0.717, 1.165) is 24.0 Å². The molecule has 0 bridgehead atoms. The molecular weight excluding hydrogens is 278 g/mol. The summed E-state index contributed by atoms with van der Waals surface area (Å²) < 4.78 is 0. The van der Waals surface area contributed by atoms with Gasteiger partial charge in [-0.2, -0.15) is 0 Å². The molecule has 1 fully saturated rings. The Labute approximate surface area is 131 Å². The summed E-state index contributed by atoms with van der Waals surface area (Å²) in [5.41, 5.74) is 1.90. The Balaban J connectivity index is 2.01. The van der Waals surface area contributed by atoms with Gasteiger partial charge in [0, 0.05) is 6.42 Å². The van der Waals surface area contributed by atoms with E-state index in [1.807, 2.05) is 31.2 Å². The van der Waals surface area contributed by atoms with Crippen LogP contribution in [0.15, 0.2) is 24.3 Å². The average molecular weight is 303 g/mol. The average Bonchev–Trinajstić information content (AvgIpc) is 2.47. The van der Waals surface area contributed by atoms with Gasteiger partial charge in [0.05, 0.1) is 12.5 Å². The number of benzene rings is 1. The maximum absolute atomic E-state index is 12.3. The molecule has 1 unspecified atom stereocenters. The zero-order valence-corrected chi connectivity index (χ0v) is 13.2. The van der Waals surface area contributed by atoms with Gasteiger partial charge in [-0.1, -0.05) is 43.5 Å². The van der Waals surface area contributed by atoms with Crippen molar-refractivity contribution in [3.63, 3.8) is 0 Å². The molecule has 0 heterocycles. The van der Waals surface area contributed by atoms with Crippen LogP contribution in [0.4, 0.5) is 0 Å². The Bertz CT molecular complexity index is 521. The van der Waals surface area contributed by atoms with Crippen LogP contribution in [-0.4, -0.2) is 17.0 Å². The number of carboxylic acids is 1. The van der Waals surface area contributed by atoms with Crippen LogP contribution >= 0.6 is 0 Å². The molecule has 0 radical (unpaired) electrons. The third-order valence-corrected chi connectivity index (χ3v) is 4.48. The van der Waals surface area contributed by atoms with Gasteiger partial charge in [0.15, 0.2) is 0 Å². The summed E-state index contributed by atoms with van der Waals surface area (Å²) in [5, 5.41) is 12.1. The number of carbonyl (C=O) groups excluding carboxylic acids is 1. The number of amides is 1. The van der Waals surface area contributed by atoms with Crippen molar-refractivity contribution in [3.05, 3.63) is 35.4 Å². The lowest BCUT2D eigenvalue weighted by Crippen LogP contribution is -2.32. The Morgan fingerprint density at radius 2 is 1.91 bits per heavy atom. The largest absolute Gasteiger partial charge is 0.481 e. The fourth-order valence-electron chi connectivity index (χ4n) is 3.30. The lowest BCUT2D eigenvalue weighted by atomic mass is 9.86. The molecule has 1 aromatic carbocycles. The number of hydrogen-bond acceptors (Lipinski definition) is 2. The second kappa shape index (κ2) is 7.97. The topological polar surface area (TPSA) is 66.4 Å². The summed E-state index contributed by atoms with van der Waals surface area (Å²) in [4.78, 5) is 23.4. The minimum Gasteiger partial charge on any atom is -0.481 e. The van der Waals surface area contributed by atoms with E-state index in [0.29, 0.717) is 12.3 Å². The molecule has 0 saturated heterocycles. The number of aliphatic carboxylic acids is 1. The Hall–Kier alpha value is -1.84. The van der Waals surface area contributed by atoms with E-state index >= 15 is 0 Å². The molecule has 0 spiro atoms. The SMILES string of the molecule is Cc1ccccc1C(CC(=O)O)NC(=O)CC1CCCCC1. The van der Waals surface area contributed by atoms with Crippen molar-refractivity contribution in [1.82, 2.24) is 5.32 Å². The van der Waals surface area contributed by atoms with Gasteiger partial charge in [0.1, 0.15) is 0 Å². The maximum atomic E-state index is 12.3. The van der Waals surface area contributed by atoms with Gasteiger partial charge < -0.3 is 10.4 Å². The highest BCUT2D eigenvalue weighted by molar-refractivity contribution is 5.78. The molecule has 0 aliphatic heterocycles. The molecule has 4 heteroatoms. The number of carbonyl (C=O) groups is 2. The van der Waals surface area contributed by atoms with Gasteiger partial charge in [-0.05, 0) is 36.8 Å². The van der Waals surface area contributed by atoms with Gasteiger partial charge in [-0.25, -0.2) is 0 Å². The van der Waals surface area contributed by atoms with Crippen LogP contribution < -0.4 is 5.32 Å². The van der Waals surface area contributed by atoms with Crippen LogP contribution in [0.2, 0.25) is 0 Å². The summed E-state index contributed by atoms with van der Waals surface area (Å²) in [5.74, 6) is -0.469. The minimum atomic E-state index is -0.897. The Morgan fingerprint density at radius 1 is 1.23 bits per heavy atom. The van der Waals surface area contributed by atoms with E-state index in [1.165, 1.54) is 19.3 Å². The third-order valence-electron chi connectivity index (χ3n) is 4.48. The van der Waals surface area contributed by atoms with Crippen molar-refractivity contribution >= 4 is 11.9 Å². The molecule has 1 amide bonds. The number of nitrogens with one attached hydrogen (secondary N) is 1. The molecule has 2 rings (SSSR count). The second-order valence-electron chi connectivity index (χ2n) is 6.28. The van der Waals surface area contributed by atoms with Gasteiger partial charge in [-0.3, -0.25) is 9.59 Å². The van der Waals surface area contributed by atoms with Gasteiger partial charge >= 0.3 is 5.97 Å². The van der Waals surface area contributed by atoms with Crippen molar-refractivity contribution in [2.24, 2.45) is 5.92 Å². The number of carboxylic acid groups (broad SMARTS) is 1. The lowest BCUT2D eigenvalue weighted by molar-refractivity contribution is -0.137. The maximum Gasteiger partial charge on any atom is 0.305 e. The fraction of sp³-hybridized carbons (Fsp3) is 0.556. The number of aryl methyl sites for hydroxylation is 1. The van der Waals surface area contributed by atoms with E-state index in [9.17, 15) is 9.59 Å². The first-order valence-electron chi connectivity index (χ1n) is 8.13. The molecule has 1 aliphatic rings. The summed E-state index contributed by atoms with van der Waals surface area (Å²) in [7, 11) is 0. The van der Waals surface area contributed by atoms with Crippen molar-refractivity contribution in [3.8, 4) is 0 Å². The monoisotopic (exact) mass is 303 g/mol. The Kier molecular flexibility index (Phi) is 5.99. The smallest absolute Gasteiger partial charge is 0.305 e. The molecule has 1 atom stereocenters. The van der Waals surface area contributed by atoms with Crippen molar-refractivity contribution in [1.29, 1.82) is 0 Å². The van der Waals surface area contributed by atoms with Crippen LogP contribution in [0.1, 0.15) is 62.1 Å². The third kappa shape index (κ3) is 4.86. The van der Waals surface area contributed by atoms with Gasteiger partial charge in [0.25, 0.3) is 0 Å². The number of rotatable bonds is 6. The van der Waals surface area contributed by atoms with E-state index in [2.05, 4.69) is 5.32 Å². The first-order valence-corrected chi connectivity index (χ1v) is 8.13. The standard InChI is InChI=1S/C18H25NO3/c1-13-7-5-6-10-15(13)16(12-18(21)22)19-17(20)11-14-8-3-2-4-9-14/h5-7,10,14,16H,2-4,8-9,11-12H2,1H3,(H,19,20)(H,21,22). The van der Waals surface area contributed by atoms with E-state index in [1.54, 1.807) is 0 Å². The highest BCUT2D eigenvalue weighted by atomic mass is 16.4. The fourth-order valence-corrected chi connectivity index (χ4v) is 3.30. The molecule has 1 saturated carbocycles.